The summed E-state index contributed by atoms with van der Waals surface area (Å²) in [6.45, 7) is 2.08. The Bertz CT molecular complexity index is 434. The molecule has 0 aliphatic carbocycles. The number of ether oxygens (including phenoxy) is 1. The van der Waals surface area contributed by atoms with Crippen LogP contribution in [0.4, 0.5) is 5.69 Å². The minimum Gasteiger partial charge on any atom is -0.497 e. The van der Waals surface area contributed by atoms with E-state index in [4.69, 9.17) is 4.74 Å². The van der Waals surface area contributed by atoms with E-state index < -0.39 is 0 Å². The Balaban J connectivity index is 1.96. The first kappa shape index (κ1) is 13.9. The average Bonchev–Trinajstić information content (AvgIpc) is 2.64. The molecular formula is C15H22N2O2. The molecule has 0 saturated carbocycles. The van der Waals surface area contributed by atoms with Crippen LogP contribution in [0.25, 0.3) is 0 Å². The van der Waals surface area contributed by atoms with Gasteiger partial charge in [0.1, 0.15) is 5.75 Å². The van der Waals surface area contributed by atoms with E-state index in [-0.39, 0.29) is 11.8 Å². The molecule has 0 spiro atoms. The molecule has 104 valence electrons. The molecule has 1 aliphatic heterocycles. The first-order chi connectivity index (χ1) is 9.19. The molecule has 1 unspecified atom stereocenters. The Morgan fingerprint density at radius 1 is 1.37 bits per heavy atom. The predicted octanol–water partition coefficient (Wildman–Crippen LogP) is 2.37. The molecule has 19 heavy (non-hydrogen) atoms. The number of amides is 1. The van der Waals surface area contributed by atoms with Crippen molar-refractivity contribution in [3.63, 3.8) is 0 Å². The van der Waals surface area contributed by atoms with E-state index in [2.05, 4.69) is 17.3 Å². The highest BCUT2D eigenvalue weighted by Crippen LogP contribution is 2.21. The zero-order valence-corrected chi connectivity index (χ0v) is 11.7. The maximum absolute atomic E-state index is 12.3. The van der Waals surface area contributed by atoms with Crippen LogP contribution in [-0.4, -0.2) is 38.1 Å². The van der Waals surface area contributed by atoms with Crippen molar-refractivity contribution in [1.29, 1.82) is 0 Å². The molecule has 1 aromatic rings. The third kappa shape index (κ3) is 3.96. The van der Waals surface area contributed by atoms with E-state index in [0.29, 0.717) is 0 Å². The van der Waals surface area contributed by atoms with Crippen molar-refractivity contribution < 1.29 is 9.53 Å². The molecule has 0 radical (unpaired) electrons. The highest BCUT2D eigenvalue weighted by molar-refractivity contribution is 5.92. The monoisotopic (exact) mass is 262 g/mol. The minimum absolute atomic E-state index is 0.121. The summed E-state index contributed by atoms with van der Waals surface area (Å²) in [6, 6.07) is 7.50. The maximum Gasteiger partial charge on any atom is 0.227 e. The molecule has 1 heterocycles. The van der Waals surface area contributed by atoms with Crippen molar-refractivity contribution in [1.82, 2.24) is 4.90 Å². The quantitative estimate of drug-likeness (QED) is 0.909. The summed E-state index contributed by atoms with van der Waals surface area (Å²) in [7, 11) is 3.74. The number of hydrogen-bond donors (Lipinski definition) is 1. The Kier molecular flexibility index (Phi) is 4.80. The fourth-order valence-electron chi connectivity index (χ4n) is 2.45. The van der Waals surface area contributed by atoms with Crippen LogP contribution in [0.5, 0.6) is 5.75 Å². The van der Waals surface area contributed by atoms with Crippen LogP contribution in [-0.2, 0) is 4.79 Å². The molecule has 1 N–H and O–H groups in total. The smallest absolute Gasteiger partial charge is 0.227 e. The summed E-state index contributed by atoms with van der Waals surface area (Å²) in [4.78, 5) is 14.5. The van der Waals surface area contributed by atoms with E-state index in [1.165, 1.54) is 0 Å². The standard InChI is InChI=1S/C15H22N2O2/c1-17-9-4-5-12(8-10-17)15(18)16-13-6-3-7-14(11-13)19-2/h3,6-7,11-12H,4-5,8-10H2,1-2H3,(H,16,18). The highest BCUT2D eigenvalue weighted by atomic mass is 16.5. The van der Waals surface area contributed by atoms with Crippen LogP contribution >= 0.6 is 0 Å². The molecule has 4 heteroatoms. The first-order valence-corrected chi connectivity index (χ1v) is 6.82. The number of benzene rings is 1. The predicted molar refractivity (Wildman–Crippen MR) is 76.5 cm³/mol. The average molecular weight is 262 g/mol. The summed E-state index contributed by atoms with van der Waals surface area (Å²) in [5.74, 6) is 1.01. The van der Waals surface area contributed by atoms with Crippen LogP contribution < -0.4 is 10.1 Å². The number of methoxy groups -OCH3 is 1. The number of hydrogen-bond acceptors (Lipinski definition) is 3. The number of nitrogens with zero attached hydrogens (tertiary/aromatic N) is 1. The van der Waals surface area contributed by atoms with Gasteiger partial charge in [-0.1, -0.05) is 6.07 Å². The summed E-state index contributed by atoms with van der Waals surface area (Å²) in [5, 5.41) is 2.99. The number of likely N-dealkylation sites (tertiary alicyclic amines) is 1. The second-order valence-electron chi connectivity index (χ2n) is 5.15. The third-order valence-electron chi connectivity index (χ3n) is 3.66. The summed E-state index contributed by atoms with van der Waals surface area (Å²) in [6.07, 6.45) is 3.00. The van der Waals surface area contributed by atoms with Gasteiger partial charge < -0.3 is 15.0 Å². The van der Waals surface area contributed by atoms with E-state index >= 15 is 0 Å². The topological polar surface area (TPSA) is 41.6 Å². The van der Waals surface area contributed by atoms with E-state index in [1.54, 1.807) is 7.11 Å². The van der Waals surface area contributed by atoms with Crippen LogP contribution in [0.3, 0.4) is 0 Å². The number of rotatable bonds is 3. The van der Waals surface area contributed by atoms with Gasteiger partial charge in [-0.2, -0.15) is 0 Å². The number of carbonyl (C=O) groups excluding carboxylic acids is 1. The van der Waals surface area contributed by atoms with Gasteiger partial charge in [-0.05, 0) is 51.5 Å². The Morgan fingerprint density at radius 3 is 3.00 bits per heavy atom. The Labute approximate surface area is 114 Å². The SMILES string of the molecule is COc1cccc(NC(=O)C2CCCN(C)CC2)c1. The first-order valence-electron chi connectivity index (χ1n) is 6.82. The van der Waals surface area contributed by atoms with Crippen LogP contribution in [0, 0.1) is 5.92 Å². The van der Waals surface area contributed by atoms with Crippen molar-refractivity contribution in [3.05, 3.63) is 24.3 Å². The maximum atomic E-state index is 12.3. The lowest BCUT2D eigenvalue weighted by Crippen LogP contribution is -2.24. The van der Waals surface area contributed by atoms with E-state index in [1.807, 2.05) is 24.3 Å². The molecule has 0 aromatic heterocycles. The molecule has 1 aliphatic rings. The van der Waals surface area contributed by atoms with Gasteiger partial charge in [-0.15, -0.1) is 0 Å². The zero-order valence-electron chi connectivity index (χ0n) is 11.7. The summed E-state index contributed by atoms with van der Waals surface area (Å²) >= 11 is 0. The highest BCUT2D eigenvalue weighted by Gasteiger charge is 2.21. The van der Waals surface area contributed by atoms with E-state index in [9.17, 15) is 4.79 Å². The van der Waals surface area contributed by atoms with Gasteiger partial charge in [0.05, 0.1) is 7.11 Å². The number of carbonyl (C=O) groups is 1. The molecule has 1 fully saturated rings. The minimum atomic E-state index is 0.121. The molecule has 4 nitrogen and oxygen atoms in total. The van der Waals surface area contributed by atoms with Crippen molar-refractivity contribution >= 4 is 11.6 Å². The molecule has 2 rings (SSSR count). The van der Waals surface area contributed by atoms with Gasteiger partial charge in [0.15, 0.2) is 0 Å². The van der Waals surface area contributed by atoms with Crippen molar-refractivity contribution in [2.24, 2.45) is 5.92 Å². The largest absolute Gasteiger partial charge is 0.497 e. The van der Waals surface area contributed by atoms with Crippen LogP contribution in [0.15, 0.2) is 24.3 Å². The van der Waals surface area contributed by atoms with Crippen LogP contribution in [0.2, 0.25) is 0 Å². The van der Waals surface area contributed by atoms with Crippen LogP contribution in [0.1, 0.15) is 19.3 Å². The fourth-order valence-corrected chi connectivity index (χ4v) is 2.45. The van der Waals surface area contributed by atoms with Crippen molar-refractivity contribution in [2.75, 3.05) is 32.6 Å². The lowest BCUT2D eigenvalue weighted by atomic mass is 10.00. The third-order valence-corrected chi connectivity index (χ3v) is 3.66. The van der Waals surface area contributed by atoms with Gasteiger partial charge in [0.25, 0.3) is 0 Å². The molecule has 0 bridgehead atoms. The van der Waals surface area contributed by atoms with E-state index in [0.717, 1.165) is 43.8 Å². The molecule has 1 amide bonds. The number of anilines is 1. The lowest BCUT2D eigenvalue weighted by molar-refractivity contribution is -0.120. The lowest BCUT2D eigenvalue weighted by Gasteiger charge is -2.15. The van der Waals surface area contributed by atoms with Crippen molar-refractivity contribution in [3.8, 4) is 5.75 Å². The normalized spacial score (nSPS) is 20.6. The molecule has 1 aromatic carbocycles. The molecule has 1 atom stereocenters. The van der Waals surface area contributed by atoms with Gasteiger partial charge in [0, 0.05) is 17.7 Å². The van der Waals surface area contributed by atoms with Gasteiger partial charge in [0.2, 0.25) is 5.91 Å². The van der Waals surface area contributed by atoms with Gasteiger partial charge >= 0.3 is 0 Å². The van der Waals surface area contributed by atoms with Gasteiger partial charge in [-0.3, -0.25) is 4.79 Å². The molecule has 1 saturated heterocycles. The fraction of sp³-hybridized carbons (Fsp3) is 0.533. The summed E-state index contributed by atoms with van der Waals surface area (Å²) < 4.78 is 5.16. The van der Waals surface area contributed by atoms with Crippen molar-refractivity contribution in [2.45, 2.75) is 19.3 Å². The Morgan fingerprint density at radius 2 is 2.21 bits per heavy atom. The number of nitrogens with one attached hydrogen (secondary N) is 1. The zero-order chi connectivity index (χ0) is 13.7. The second kappa shape index (κ2) is 6.57. The van der Waals surface area contributed by atoms with Gasteiger partial charge in [-0.25, -0.2) is 0 Å². The second-order valence-corrected chi connectivity index (χ2v) is 5.15. The Hall–Kier alpha value is -1.55. The molecular weight excluding hydrogens is 240 g/mol. The summed E-state index contributed by atoms with van der Waals surface area (Å²) in [5.41, 5.74) is 0.807.